The average molecular weight is 233 g/mol. The molecule has 0 saturated heterocycles. The standard InChI is InChI=1S/C12H15N3O2/c13-12(16)15-14-7-10-3-1-2-4-11(10)17-8-9-5-6-9/h1-4,7,9H,5-6,8H2,(H3,13,15,16). The van der Waals surface area contributed by atoms with Crippen LogP contribution in [0.1, 0.15) is 18.4 Å². The van der Waals surface area contributed by atoms with Gasteiger partial charge >= 0.3 is 6.03 Å². The predicted molar refractivity (Wildman–Crippen MR) is 65.0 cm³/mol. The zero-order valence-corrected chi connectivity index (χ0v) is 9.43. The van der Waals surface area contributed by atoms with Crippen molar-refractivity contribution in [1.82, 2.24) is 5.43 Å². The molecule has 3 N–H and O–H groups in total. The fraction of sp³-hybridized carbons (Fsp3) is 0.333. The molecule has 0 bridgehead atoms. The molecule has 5 nitrogen and oxygen atoms in total. The summed E-state index contributed by atoms with van der Waals surface area (Å²) >= 11 is 0. The Morgan fingerprint density at radius 1 is 1.53 bits per heavy atom. The van der Waals surface area contributed by atoms with Gasteiger partial charge in [0.1, 0.15) is 5.75 Å². The van der Waals surface area contributed by atoms with Gasteiger partial charge in [0.15, 0.2) is 0 Å². The van der Waals surface area contributed by atoms with Gasteiger partial charge in [0.05, 0.1) is 12.8 Å². The van der Waals surface area contributed by atoms with Gasteiger partial charge in [0.25, 0.3) is 0 Å². The number of primary amides is 1. The van der Waals surface area contributed by atoms with Gasteiger partial charge in [-0.1, -0.05) is 12.1 Å². The zero-order chi connectivity index (χ0) is 12.1. The van der Waals surface area contributed by atoms with E-state index in [0.29, 0.717) is 5.92 Å². The number of rotatable bonds is 5. The number of benzene rings is 1. The third-order valence-electron chi connectivity index (χ3n) is 2.47. The largest absolute Gasteiger partial charge is 0.493 e. The van der Waals surface area contributed by atoms with Crippen molar-refractivity contribution >= 4 is 12.2 Å². The first-order chi connectivity index (χ1) is 8.25. The van der Waals surface area contributed by atoms with Crippen LogP contribution in [0.5, 0.6) is 5.75 Å². The fourth-order valence-corrected chi connectivity index (χ4v) is 1.38. The van der Waals surface area contributed by atoms with E-state index in [1.165, 1.54) is 19.1 Å². The Hall–Kier alpha value is -2.04. The number of carbonyl (C=O) groups excluding carboxylic acids is 1. The van der Waals surface area contributed by atoms with E-state index >= 15 is 0 Å². The maximum absolute atomic E-state index is 10.5. The highest BCUT2D eigenvalue weighted by molar-refractivity contribution is 5.84. The van der Waals surface area contributed by atoms with Crippen LogP contribution in [0.4, 0.5) is 4.79 Å². The molecule has 1 aliphatic rings. The summed E-state index contributed by atoms with van der Waals surface area (Å²) in [4.78, 5) is 10.5. The van der Waals surface area contributed by atoms with Crippen LogP contribution in [0.25, 0.3) is 0 Å². The number of hydrazone groups is 1. The normalized spacial score (nSPS) is 14.8. The Bertz CT molecular complexity index is 428. The Kier molecular flexibility index (Phi) is 3.59. The third-order valence-corrected chi connectivity index (χ3v) is 2.47. The number of carbonyl (C=O) groups is 1. The minimum absolute atomic E-state index is 0.683. The van der Waals surface area contributed by atoms with E-state index in [-0.39, 0.29) is 0 Å². The molecule has 1 aromatic carbocycles. The van der Waals surface area contributed by atoms with Crippen molar-refractivity contribution in [1.29, 1.82) is 0 Å². The highest BCUT2D eigenvalue weighted by Gasteiger charge is 2.22. The van der Waals surface area contributed by atoms with Crippen molar-refractivity contribution < 1.29 is 9.53 Å². The van der Waals surface area contributed by atoms with Gasteiger partial charge in [0, 0.05) is 5.56 Å². The molecule has 0 atom stereocenters. The van der Waals surface area contributed by atoms with Crippen molar-refractivity contribution in [2.75, 3.05) is 6.61 Å². The van der Waals surface area contributed by atoms with Crippen LogP contribution in [0.2, 0.25) is 0 Å². The van der Waals surface area contributed by atoms with Gasteiger partial charge in [-0.15, -0.1) is 0 Å². The first kappa shape index (κ1) is 11.4. The first-order valence-corrected chi connectivity index (χ1v) is 5.56. The SMILES string of the molecule is NC(=O)NN=Cc1ccccc1OCC1CC1. The Morgan fingerprint density at radius 3 is 3.00 bits per heavy atom. The minimum Gasteiger partial charge on any atom is -0.493 e. The van der Waals surface area contributed by atoms with Crippen LogP contribution < -0.4 is 15.9 Å². The molecule has 0 unspecified atom stereocenters. The number of amides is 2. The molecular weight excluding hydrogens is 218 g/mol. The van der Waals surface area contributed by atoms with E-state index in [1.54, 1.807) is 0 Å². The number of ether oxygens (including phenoxy) is 1. The summed E-state index contributed by atoms with van der Waals surface area (Å²) in [6.07, 6.45) is 4.02. The number of hydrogen-bond acceptors (Lipinski definition) is 3. The molecule has 2 rings (SSSR count). The van der Waals surface area contributed by atoms with Crippen LogP contribution in [0.3, 0.4) is 0 Å². The molecule has 1 aliphatic carbocycles. The fourth-order valence-electron chi connectivity index (χ4n) is 1.38. The average Bonchev–Trinajstić information content (AvgIpc) is 3.11. The quantitative estimate of drug-likeness (QED) is 0.597. The van der Waals surface area contributed by atoms with Crippen LogP contribution in [0, 0.1) is 5.92 Å². The third kappa shape index (κ3) is 3.79. The highest BCUT2D eigenvalue weighted by atomic mass is 16.5. The zero-order valence-electron chi connectivity index (χ0n) is 9.43. The van der Waals surface area contributed by atoms with Crippen LogP contribution in [-0.2, 0) is 0 Å². The van der Waals surface area contributed by atoms with E-state index in [1.807, 2.05) is 24.3 Å². The number of nitrogens with one attached hydrogen (secondary N) is 1. The number of nitrogens with two attached hydrogens (primary N) is 1. The van der Waals surface area contributed by atoms with Crippen LogP contribution in [0.15, 0.2) is 29.4 Å². The lowest BCUT2D eigenvalue weighted by molar-refractivity contribution is 0.249. The second-order valence-electron chi connectivity index (χ2n) is 4.03. The highest BCUT2D eigenvalue weighted by Crippen LogP contribution is 2.30. The number of urea groups is 1. The van der Waals surface area contributed by atoms with Gasteiger partial charge < -0.3 is 10.5 Å². The van der Waals surface area contributed by atoms with Crippen molar-refractivity contribution in [3.05, 3.63) is 29.8 Å². The summed E-state index contributed by atoms with van der Waals surface area (Å²) in [5.74, 6) is 1.47. The van der Waals surface area contributed by atoms with Crippen molar-refractivity contribution in [2.24, 2.45) is 16.8 Å². The van der Waals surface area contributed by atoms with E-state index in [0.717, 1.165) is 17.9 Å². The molecule has 1 fully saturated rings. The Balaban J connectivity index is 1.98. The Labute approximate surface area is 99.6 Å². The molecule has 0 aliphatic heterocycles. The topological polar surface area (TPSA) is 76.7 Å². The molecule has 0 radical (unpaired) electrons. The van der Waals surface area contributed by atoms with Gasteiger partial charge in [-0.3, -0.25) is 0 Å². The summed E-state index contributed by atoms with van der Waals surface area (Å²) in [6, 6.07) is 6.86. The second-order valence-corrected chi connectivity index (χ2v) is 4.03. The molecular formula is C12H15N3O2. The van der Waals surface area contributed by atoms with Crippen LogP contribution in [-0.4, -0.2) is 18.9 Å². The predicted octanol–water partition coefficient (Wildman–Crippen LogP) is 1.48. The van der Waals surface area contributed by atoms with E-state index in [4.69, 9.17) is 10.5 Å². The second kappa shape index (κ2) is 5.34. The molecule has 0 aromatic heterocycles. The molecule has 0 heterocycles. The molecule has 1 saturated carbocycles. The summed E-state index contributed by atoms with van der Waals surface area (Å²) < 4.78 is 5.68. The summed E-state index contributed by atoms with van der Waals surface area (Å²) in [7, 11) is 0. The summed E-state index contributed by atoms with van der Waals surface area (Å²) in [5, 5.41) is 3.71. The Morgan fingerprint density at radius 2 is 2.29 bits per heavy atom. The molecule has 5 heteroatoms. The molecule has 2 amide bonds. The van der Waals surface area contributed by atoms with E-state index < -0.39 is 6.03 Å². The first-order valence-electron chi connectivity index (χ1n) is 5.56. The number of nitrogens with zero attached hydrogens (tertiary/aromatic N) is 1. The van der Waals surface area contributed by atoms with E-state index in [9.17, 15) is 4.79 Å². The lowest BCUT2D eigenvalue weighted by atomic mass is 10.2. The lowest BCUT2D eigenvalue weighted by Crippen LogP contribution is -2.24. The van der Waals surface area contributed by atoms with Gasteiger partial charge in [-0.25, -0.2) is 10.2 Å². The van der Waals surface area contributed by atoms with Crippen molar-refractivity contribution in [3.63, 3.8) is 0 Å². The molecule has 1 aromatic rings. The maximum Gasteiger partial charge on any atom is 0.332 e. The minimum atomic E-state index is -0.683. The summed E-state index contributed by atoms with van der Waals surface area (Å²) in [6.45, 7) is 0.744. The van der Waals surface area contributed by atoms with Gasteiger partial charge in [0.2, 0.25) is 0 Å². The van der Waals surface area contributed by atoms with Gasteiger partial charge in [-0.05, 0) is 30.9 Å². The molecule has 90 valence electrons. The molecule has 17 heavy (non-hydrogen) atoms. The lowest BCUT2D eigenvalue weighted by Gasteiger charge is -2.07. The monoisotopic (exact) mass is 233 g/mol. The smallest absolute Gasteiger partial charge is 0.332 e. The maximum atomic E-state index is 10.5. The number of hydrogen-bond donors (Lipinski definition) is 2. The van der Waals surface area contributed by atoms with E-state index in [2.05, 4.69) is 10.5 Å². The number of para-hydroxylation sites is 1. The van der Waals surface area contributed by atoms with Crippen LogP contribution >= 0.6 is 0 Å². The summed E-state index contributed by atoms with van der Waals surface area (Å²) in [5.41, 5.74) is 7.88. The van der Waals surface area contributed by atoms with Crippen molar-refractivity contribution in [2.45, 2.75) is 12.8 Å². The van der Waals surface area contributed by atoms with Gasteiger partial charge in [-0.2, -0.15) is 5.10 Å². The molecule has 0 spiro atoms. The van der Waals surface area contributed by atoms with Crippen molar-refractivity contribution in [3.8, 4) is 5.75 Å².